The van der Waals surface area contributed by atoms with Crippen LogP contribution in [0.5, 0.6) is 0 Å². The van der Waals surface area contributed by atoms with Gasteiger partial charge in [0.15, 0.2) is 6.19 Å². The zero-order chi connectivity index (χ0) is 2.71. The molecule has 0 aliphatic heterocycles. The molecule has 2 nitrogen and oxygen atoms in total. The van der Waals surface area contributed by atoms with Crippen molar-refractivity contribution in [2.75, 3.05) is 0 Å². The zero-order valence-corrected chi connectivity index (χ0v) is 4.44. The van der Waals surface area contributed by atoms with Gasteiger partial charge in [-0.1, -0.05) is 7.43 Å². The number of nitrogens with two attached hydrogens (primary N) is 1. The van der Waals surface area contributed by atoms with Gasteiger partial charge in [-0.3, -0.25) is 0 Å². The summed E-state index contributed by atoms with van der Waals surface area (Å²) < 4.78 is 0. The Kier molecular flexibility index (Phi) is 84.4. The van der Waals surface area contributed by atoms with Crippen LogP contribution in [-0.4, -0.2) is 37.7 Å². The minimum atomic E-state index is 0. The Morgan fingerprint density at radius 3 is 1.80 bits per heavy atom. The van der Waals surface area contributed by atoms with Crippen LogP contribution in [0.3, 0.4) is 0 Å². The van der Waals surface area contributed by atoms with E-state index < -0.39 is 0 Å². The van der Waals surface area contributed by atoms with Crippen molar-refractivity contribution in [1.29, 1.82) is 5.26 Å². The van der Waals surface area contributed by atoms with Crippen molar-refractivity contribution in [3.05, 3.63) is 0 Å². The molecular formula is C2H8CaN2. The van der Waals surface area contributed by atoms with Gasteiger partial charge < -0.3 is 8.59 Å². The van der Waals surface area contributed by atoms with Crippen LogP contribution in [0.4, 0.5) is 0 Å². The van der Waals surface area contributed by atoms with Gasteiger partial charge in [-0.2, -0.15) is 5.26 Å². The van der Waals surface area contributed by atoms with Crippen molar-refractivity contribution in [3.8, 4) is 6.19 Å². The third-order valence-corrected chi connectivity index (χ3v) is 0. The Bertz CT molecular complexity index is 35.2. The maximum Gasteiger partial charge on any atom is 2.00 e. The fourth-order valence-corrected chi connectivity index (χ4v) is 0. The van der Waals surface area contributed by atoms with Crippen LogP contribution in [0.2, 0.25) is 0 Å². The average Bonchev–Trinajstić information content (AvgIpc) is 0.918. The van der Waals surface area contributed by atoms with E-state index in [-0.39, 0.29) is 48.0 Å². The number of hydrogen-bond donors (Lipinski definition) is 1. The van der Waals surface area contributed by atoms with Crippen LogP contribution < -0.4 is 5.73 Å². The molecule has 3 heteroatoms. The molecule has 0 amide bonds. The van der Waals surface area contributed by atoms with Gasteiger partial charge in [0.05, 0.1) is 0 Å². The summed E-state index contributed by atoms with van der Waals surface area (Å²) in [7, 11) is 0. The van der Waals surface area contributed by atoms with E-state index in [2.05, 4.69) is 5.73 Å². The topological polar surface area (TPSA) is 49.8 Å². The summed E-state index contributed by atoms with van der Waals surface area (Å²) in [5.41, 5.74) is 4.15. The molecule has 2 N–H and O–H groups in total. The summed E-state index contributed by atoms with van der Waals surface area (Å²) in [6, 6.07) is 0. The predicted octanol–water partition coefficient (Wildman–Crippen LogP) is -0.0935. The van der Waals surface area contributed by atoms with Gasteiger partial charge in [-0.05, 0) is 0 Å². The first-order valence-corrected chi connectivity index (χ1v) is 0.512. The molecule has 0 aromatic carbocycles. The van der Waals surface area contributed by atoms with Gasteiger partial charge in [0.2, 0.25) is 0 Å². The van der Waals surface area contributed by atoms with Crippen LogP contribution >= 0.6 is 0 Å². The molecule has 0 heterocycles. The van der Waals surface area contributed by atoms with Crippen LogP contribution in [-0.2, 0) is 0 Å². The van der Waals surface area contributed by atoms with Crippen molar-refractivity contribution in [3.63, 3.8) is 0 Å². The van der Waals surface area contributed by atoms with Crippen molar-refractivity contribution in [1.82, 2.24) is 0 Å². The fourth-order valence-electron chi connectivity index (χ4n) is 0. The summed E-state index contributed by atoms with van der Waals surface area (Å²) in [5, 5.41) is 7.10. The van der Waals surface area contributed by atoms with E-state index in [0.717, 1.165) is 0 Å². The third kappa shape index (κ3) is 97.9. The monoisotopic (exact) mass is 100 g/mol. The number of hydrogen-bond acceptors (Lipinski definition) is 2. The van der Waals surface area contributed by atoms with E-state index in [4.69, 9.17) is 5.26 Å². The standard InChI is InChI=1S/CH2N2.CH4.Ca.2H/c2-1-3;;;;/h2H2;1H4;;;/q;;+2;2*-1. The Labute approximate surface area is 64.9 Å². The minimum absolute atomic E-state index is 0. The van der Waals surface area contributed by atoms with Gasteiger partial charge in [0, 0.05) is 0 Å². The second kappa shape index (κ2) is 23.9. The average molecular weight is 100 g/mol. The van der Waals surface area contributed by atoms with Gasteiger partial charge >= 0.3 is 37.7 Å². The molecule has 0 bridgehead atoms. The van der Waals surface area contributed by atoms with Crippen molar-refractivity contribution in [2.45, 2.75) is 7.43 Å². The van der Waals surface area contributed by atoms with Gasteiger partial charge in [-0.15, -0.1) is 0 Å². The first-order valence-electron chi connectivity index (χ1n) is 0.512. The number of nitriles is 1. The van der Waals surface area contributed by atoms with E-state index in [1.54, 1.807) is 0 Å². The van der Waals surface area contributed by atoms with Crippen molar-refractivity contribution in [2.24, 2.45) is 5.73 Å². The Morgan fingerprint density at radius 1 is 1.80 bits per heavy atom. The molecule has 0 atom stereocenters. The molecule has 0 unspecified atom stereocenters. The molecule has 0 aliphatic rings. The number of nitrogens with zero attached hydrogens (tertiary/aromatic N) is 1. The maximum atomic E-state index is 7.10. The molecule has 0 spiro atoms. The molecule has 0 saturated carbocycles. The first-order chi connectivity index (χ1) is 1.41. The van der Waals surface area contributed by atoms with Gasteiger partial charge in [-0.25, -0.2) is 0 Å². The smallest absolute Gasteiger partial charge is 1.00 e. The van der Waals surface area contributed by atoms with E-state index in [0.29, 0.717) is 0 Å². The quantitative estimate of drug-likeness (QED) is 0.263. The largest absolute Gasteiger partial charge is 2.00 e. The molecule has 0 aromatic rings. The normalized spacial score (nSPS) is 1.40. The van der Waals surface area contributed by atoms with E-state index in [1.165, 1.54) is 6.19 Å². The zero-order valence-electron chi connectivity index (χ0n) is 4.23. The molecule has 28 valence electrons. The fraction of sp³-hybridized carbons (Fsp3) is 0.500. The van der Waals surface area contributed by atoms with Crippen molar-refractivity contribution < 1.29 is 2.85 Å². The molecule has 0 saturated heterocycles. The van der Waals surface area contributed by atoms with Gasteiger partial charge in [0.1, 0.15) is 0 Å². The van der Waals surface area contributed by atoms with Crippen LogP contribution in [0.1, 0.15) is 10.3 Å². The molecule has 5 heavy (non-hydrogen) atoms. The summed E-state index contributed by atoms with van der Waals surface area (Å²) >= 11 is 0. The molecular weight excluding hydrogens is 92.1 g/mol. The van der Waals surface area contributed by atoms with Crippen LogP contribution in [0.25, 0.3) is 0 Å². The maximum absolute atomic E-state index is 7.10. The summed E-state index contributed by atoms with van der Waals surface area (Å²) in [6.45, 7) is 0. The Morgan fingerprint density at radius 2 is 1.80 bits per heavy atom. The molecule has 0 aromatic heterocycles. The Balaban J connectivity index is -0.00000000333. The molecule has 0 fully saturated rings. The molecule has 0 aliphatic carbocycles. The first kappa shape index (κ1) is 17.7. The second-order valence-electron chi connectivity index (χ2n) is 0.129. The molecule has 0 radical (unpaired) electrons. The summed E-state index contributed by atoms with van der Waals surface area (Å²) in [4.78, 5) is 0. The van der Waals surface area contributed by atoms with E-state index in [1.807, 2.05) is 0 Å². The summed E-state index contributed by atoms with van der Waals surface area (Å²) in [5.74, 6) is 0. The second-order valence-corrected chi connectivity index (χ2v) is 0.129. The van der Waals surface area contributed by atoms with Crippen LogP contribution in [0.15, 0.2) is 0 Å². The predicted molar refractivity (Wildman–Crippen MR) is 24.5 cm³/mol. The third-order valence-electron chi connectivity index (χ3n) is 0. The SMILES string of the molecule is C.N#CN.[Ca+2].[H-].[H-]. The minimum Gasteiger partial charge on any atom is -1.00 e. The molecule has 0 rings (SSSR count). The summed E-state index contributed by atoms with van der Waals surface area (Å²) in [6.07, 6.45) is 1.25. The van der Waals surface area contributed by atoms with E-state index >= 15 is 0 Å². The van der Waals surface area contributed by atoms with E-state index in [9.17, 15) is 0 Å². The number of rotatable bonds is 0. The van der Waals surface area contributed by atoms with Gasteiger partial charge in [0.25, 0.3) is 0 Å². The Hall–Kier alpha value is 0.550. The van der Waals surface area contributed by atoms with Crippen molar-refractivity contribution >= 4 is 37.7 Å². The van der Waals surface area contributed by atoms with Crippen LogP contribution in [0, 0.1) is 11.5 Å².